The molecule has 0 aliphatic rings. The van der Waals surface area contributed by atoms with Crippen molar-refractivity contribution in [3.05, 3.63) is 33.3 Å². The van der Waals surface area contributed by atoms with Crippen LogP contribution < -0.4 is 0 Å². The first-order chi connectivity index (χ1) is 8.60. The van der Waals surface area contributed by atoms with Gasteiger partial charge in [-0.2, -0.15) is 0 Å². The fraction of sp³-hybridized carbons (Fsp3) is 0.417. The van der Waals surface area contributed by atoms with Crippen molar-refractivity contribution in [2.45, 2.75) is 0 Å². The highest BCUT2D eigenvalue weighted by molar-refractivity contribution is 9.10. The molecule has 0 spiro atoms. The van der Waals surface area contributed by atoms with Gasteiger partial charge in [0.2, 0.25) is 0 Å². The number of hydrogen-bond acceptors (Lipinski definition) is 3. The summed E-state index contributed by atoms with van der Waals surface area (Å²) < 4.78 is 5.68. The van der Waals surface area contributed by atoms with Crippen LogP contribution in [-0.4, -0.2) is 49.3 Å². The van der Waals surface area contributed by atoms with Gasteiger partial charge in [-0.3, -0.25) is 4.79 Å². The van der Waals surface area contributed by atoms with Crippen molar-refractivity contribution < 1.29 is 14.6 Å². The van der Waals surface area contributed by atoms with E-state index in [1.165, 1.54) is 4.90 Å². The van der Waals surface area contributed by atoms with Crippen molar-refractivity contribution in [1.29, 1.82) is 0 Å². The molecule has 0 unspecified atom stereocenters. The molecule has 0 saturated carbocycles. The van der Waals surface area contributed by atoms with Crippen LogP contribution in [0.2, 0.25) is 5.02 Å². The normalized spacial score (nSPS) is 10.4. The van der Waals surface area contributed by atoms with Gasteiger partial charge >= 0.3 is 0 Å². The van der Waals surface area contributed by atoms with Crippen molar-refractivity contribution in [2.75, 3.05) is 33.4 Å². The van der Waals surface area contributed by atoms with E-state index < -0.39 is 0 Å². The monoisotopic (exact) mass is 335 g/mol. The Kier molecular flexibility index (Phi) is 6.63. The summed E-state index contributed by atoms with van der Waals surface area (Å²) >= 11 is 9.22. The molecule has 0 heterocycles. The first-order valence-electron chi connectivity index (χ1n) is 5.44. The van der Waals surface area contributed by atoms with E-state index >= 15 is 0 Å². The van der Waals surface area contributed by atoms with Crippen LogP contribution in [0.25, 0.3) is 0 Å². The number of amides is 1. The lowest BCUT2D eigenvalue weighted by Crippen LogP contribution is -2.36. The smallest absolute Gasteiger partial charge is 0.254 e. The second-order valence-corrected chi connectivity index (χ2v) is 4.90. The predicted molar refractivity (Wildman–Crippen MR) is 74.0 cm³/mol. The summed E-state index contributed by atoms with van der Waals surface area (Å²) in [5.41, 5.74) is 0.493. The topological polar surface area (TPSA) is 49.8 Å². The van der Waals surface area contributed by atoms with E-state index in [0.29, 0.717) is 23.7 Å². The fourth-order valence-corrected chi connectivity index (χ4v) is 1.88. The van der Waals surface area contributed by atoms with Crippen LogP contribution in [0.3, 0.4) is 0 Å². The molecule has 4 nitrogen and oxygen atoms in total. The highest BCUT2D eigenvalue weighted by Crippen LogP contribution is 2.23. The van der Waals surface area contributed by atoms with Crippen LogP contribution in [0.4, 0.5) is 0 Å². The number of carbonyl (C=O) groups is 1. The third-order valence-electron chi connectivity index (χ3n) is 2.39. The van der Waals surface area contributed by atoms with E-state index in [0.717, 1.165) is 4.47 Å². The number of nitrogens with zero attached hydrogens (tertiary/aromatic N) is 1. The zero-order chi connectivity index (χ0) is 13.5. The Bertz CT molecular complexity index is 414. The minimum Gasteiger partial charge on any atom is -0.395 e. The van der Waals surface area contributed by atoms with Crippen molar-refractivity contribution in [2.24, 2.45) is 0 Å². The van der Waals surface area contributed by atoms with Gasteiger partial charge in [-0.05, 0) is 34.1 Å². The summed E-state index contributed by atoms with van der Waals surface area (Å²) in [5, 5.41) is 9.45. The maximum Gasteiger partial charge on any atom is 0.254 e. The van der Waals surface area contributed by atoms with Crippen LogP contribution in [0.1, 0.15) is 10.4 Å². The van der Waals surface area contributed by atoms with Gasteiger partial charge in [0, 0.05) is 30.2 Å². The van der Waals surface area contributed by atoms with Gasteiger partial charge in [-0.1, -0.05) is 11.6 Å². The third-order valence-corrected chi connectivity index (χ3v) is 3.62. The molecule has 1 rings (SSSR count). The van der Waals surface area contributed by atoms with Gasteiger partial charge < -0.3 is 14.7 Å². The van der Waals surface area contributed by atoms with Crippen molar-refractivity contribution in [3.8, 4) is 0 Å². The molecule has 0 bridgehead atoms. The van der Waals surface area contributed by atoms with Crippen molar-refractivity contribution in [3.63, 3.8) is 0 Å². The number of aliphatic hydroxyl groups is 1. The summed E-state index contributed by atoms with van der Waals surface area (Å²) in [6.45, 7) is 1.05. The summed E-state index contributed by atoms with van der Waals surface area (Å²) in [6.07, 6.45) is 0. The lowest BCUT2D eigenvalue weighted by Gasteiger charge is -2.21. The molecule has 0 aliphatic carbocycles. The maximum atomic E-state index is 12.2. The average molecular weight is 337 g/mol. The molecule has 1 amide bonds. The summed E-state index contributed by atoms with van der Waals surface area (Å²) in [7, 11) is 1.57. The highest BCUT2D eigenvalue weighted by Gasteiger charge is 2.15. The molecule has 6 heteroatoms. The standard InChI is InChI=1S/C12H15BrClNO3/c1-18-7-5-15(4-6-16)12(17)9-2-3-10(13)11(14)8-9/h2-3,8,16H,4-7H2,1H3. The summed E-state index contributed by atoms with van der Waals surface area (Å²) in [4.78, 5) is 13.7. The molecule has 0 saturated heterocycles. The van der Waals surface area contributed by atoms with Crippen molar-refractivity contribution >= 4 is 33.4 Å². The molecular weight excluding hydrogens is 321 g/mol. The van der Waals surface area contributed by atoms with Gasteiger partial charge in [0.15, 0.2) is 0 Å². The molecule has 1 aromatic carbocycles. The Hall–Kier alpha value is -0.620. The maximum absolute atomic E-state index is 12.2. The van der Waals surface area contributed by atoms with Gasteiger partial charge in [-0.15, -0.1) is 0 Å². The number of ether oxygens (including phenoxy) is 1. The summed E-state index contributed by atoms with van der Waals surface area (Å²) in [5.74, 6) is -0.171. The third kappa shape index (κ3) is 4.24. The minimum absolute atomic E-state index is 0.0836. The Morgan fingerprint density at radius 2 is 2.22 bits per heavy atom. The van der Waals surface area contributed by atoms with E-state index in [1.54, 1.807) is 25.3 Å². The highest BCUT2D eigenvalue weighted by atomic mass is 79.9. The van der Waals surface area contributed by atoms with E-state index in [2.05, 4.69) is 15.9 Å². The van der Waals surface area contributed by atoms with Gasteiger partial charge in [0.05, 0.1) is 18.2 Å². The van der Waals surface area contributed by atoms with Crippen LogP contribution in [0.15, 0.2) is 22.7 Å². The van der Waals surface area contributed by atoms with Crippen molar-refractivity contribution in [1.82, 2.24) is 4.90 Å². The quantitative estimate of drug-likeness (QED) is 0.866. The van der Waals surface area contributed by atoms with Crippen LogP contribution in [-0.2, 0) is 4.74 Å². The summed E-state index contributed by atoms with van der Waals surface area (Å²) in [6, 6.07) is 5.02. The van der Waals surface area contributed by atoms with Gasteiger partial charge in [0.25, 0.3) is 5.91 Å². The zero-order valence-electron chi connectivity index (χ0n) is 10.0. The molecule has 18 heavy (non-hydrogen) atoms. The van der Waals surface area contributed by atoms with Crippen LogP contribution >= 0.6 is 27.5 Å². The molecule has 0 radical (unpaired) electrons. The molecule has 0 aliphatic heterocycles. The van der Waals surface area contributed by atoms with E-state index in [9.17, 15) is 4.79 Å². The van der Waals surface area contributed by atoms with Gasteiger partial charge in [0.1, 0.15) is 0 Å². The van der Waals surface area contributed by atoms with E-state index in [1.807, 2.05) is 0 Å². The zero-order valence-corrected chi connectivity index (χ0v) is 12.4. The Balaban J connectivity index is 2.83. The SMILES string of the molecule is COCCN(CCO)C(=O)c1ccc(Br)c(Cl)c1. The number of carbonyl (C=O) groups excluding carboxylic acids is 1. The first-order valence-corrected chi connectivity index (χ1v) is 6.61. The fourth-order valence-electron chi connectivity index (χ4n) is 1.45. The lowest BCUT2D eigenvalue weighted by atomic mass is 10.2. The molecular formula is C12H15BrClNO3. The largest absolute Gasteiger partial charge is 0.395 e. The number of halogens is 2. The number of hydrogen-bond donors (Lipinski definition) is 1. The minimum atomic E-state index is -0.171. The number of rotatable bonds is 6. The average Bonchev–Trinajstić information content (AvgIpc) is 2.37. The lowest BCUT2D eigenvalue weighted by molar-refractivity contribution is 0.0656. The molecule has 1 aromatic rings. The van der Waals surface area contributed by atoms with Gasteiger partial charge in [-0.25, -0.2) is 0 Å². The Morgan fingerprint density at radius 1 is 1.50 bits per heavy atom. The Morgan fingerprint density at radius 3 is 2.78 bits per heavy atom. The molecule has 100 valence electrons. The first kappa shape index (κ1) is 15.4. The number of benzene rings is 1. The number of aliphatic hydroxyl groups excluding tert-OH is 1. The van der Waals surface area contributed by atoms with E-state index in [4.69, 9.17) is 21.4 Å². The molecule has 0 aromatic heterocycles. The second kappa shape index (κ2) is 7.74. The molecule has 0 atom stereocenters. The van der Waals surface area contributed by atoms with Crippen LogP contribution in [0.5, 0.6) is 0 Å². The van der Waals surface area contributed by atoms with E-state index in [-0.39, 0.29) is 19.1 Å². The Labute approximate surface area is 120 Å². The molecule has 0 fully saturated rings. The second-order valence-electron chi connectivity index (χ2n) is 3.64. The predicted octanol–water partition coefficient (Wildman–Crippen LogP) is 2.18. The number of methoxy groups -OCH3 is 1. The van der Waals surface area contributed by atoms with Crippen LogP contribution in [0, 0.1) is 0 Å². The molecule has 1 N–H and O–H groups in total.